The quantitative estimate of drug-likeness (QED) is 0.322. The van der Waals surface area contributed by atoms with E-state index >= 15 is 0 Å². The van der Waals surface area contributed by atoms with Crippen molar-refractivity contribution in [3.63, 3.8) is 0 Å². The second kappa shape index (κ2) is 10.2. The highest BCUT2D eigenvalue weighted by molar-refractivity contribution is 5.86. The summed E-state index contributed by atoms with van der Waals surface area (Å²) in [6.45, 7) is 2.65. The molecule has 0 spiro atoms. The molecule has 6 nitrogen and oxygen atoms in total. The van der Waals surface area contributed by atoms with E-state index in [0.29, 0.717) is 12.4 Å². The average Bonchev–Trinajstić information content (AvgIpc) is 3.38. The molecule has 1 N–H and O–H groups in total. The molecule has 33 heavy (non-hydrogen) atoms. The number of hydrogen-bond donors (Lipinski definition) is 1. The van der Waals surface area contributed by atoms with Crippen molar-refractivity contribution in [1.82, 2.24) is 25.6 Å². The molecule has 0 aliphatic heterocycles. The van der Waals surface area contributed by atoms with E-state index in [0.717, 1.165) is 57.4 Å². The standard InChI is InChI=1S/C26H23N5O.ClH/c1-2-7-20-16-25(23-10-5-6-11-24(23)27-20)32-17-18-12-14-19(15-13-18)21-8-3-4-9-22(21)26-28-30-31-29-26;/h3-6,8-16H,2,7,17H2,1H3,(H,28,29,30,31);1H. The van der Waals surface area contributed by atoms with Gasteiger partial charge in [-0.05, 0) is 40.5 Å². The van der Waals surface area contributed by atoms with Crippen LogP contribution in [0.1, 0.15) is 24.6 Å². The lowest BCUT2D eigenvalue weighted by atomic mass is 9.98. The molecule has 0 bridgehead atoms. The number of benzene rings is 3. The maximum Gasteiger partial charge on any atom is 0.205 e. The number of fused-ring (bicyclic) bond motifs is 1. The SMILES string of the molecule is CCCc1cc(OCc2ccc(-c3ccccc3-c3nn[nH]n3)cc2)c2ccccc2n1.Cl. The Bertz CT molecular complexity index is 1340. The van der Waals surface area contributed by atoms with Gasteiger partial charge in [0.2, 0.25) is 5.82 Å². The van der Waals surface area contributed by atoms with Crippen LogP contribution in [0, 0.1) is 0 Å². The molecule has 0 saturated carbocycles. The number of tetrazole rings is 1. The highest BCUT2D eigenvalue weighted by Gasteiger charge is 2.11. The van der Waals surface area contributed by atoms with Crippen molar-refractivity contribution in [2.24, 2.45) is 0 Å². The third kappa shape index (κ3) is 4.86. The Morgan fingerprint density at radius 1 is 0.879 bits per heavy atom. The Balaban J connectivity index is 0.00000259. The van der Waals surface area contributed by atoms with Crippen LogP contribution in [0.15, 0.2) is 78.9 Å². The molecule has 2 aromatic heterocycles. The highest BCUT2D eigenvalue weighted by atomic mass is 35.5. The van der Waals surface area contributed by atoms with Gasteiger partial charge in [-0.25, -0.2) is 0 Å². The van der Waals surface area contributed by atoms with Gasteiger partial charge in [-0.1, -0.05) is 74.0 Å². The number of hydrogen-bond acceptors (Lipinski definition) is 5. The third-order valence-corrected chi connectivity index (χ3v) is 5.41. The van der Waals surface area contributed by atoms with Gasteiger partial charge in [-0.2, -0.15) is 5.21 Å². The molecule has 5 aromatic rings. The summed E-state index contributed by atoms with van der Waals surface area (Å²) in [5.74, 6) is 1.46. The number of nitrogens with zero attached hydrogens (tertiary/aromatic N) is 4. The molecule has 0 unspecified atom stereocenters. The zero-order valence-electron chi connectivity index (χ0n) is 18.2. The third-order valence-electron chi connectivity index (χ3n) is 5.41. The summed E-state index contributed by atoms with van der Waals surface area (Å²) in [6, 6.07) is 26.7. The molecule has 0 aliphatic carbocycles. The van der Waals surface area contributed by atoms with Gasteiger partial charge < -0.3 is 4.74 Å². The van der Waals surface area contributed by atoms with Gasteiger partial charge in [0.15, 0.2) is 0 Å². The van der Waals surface area contributed by atoms with Crippen LogP contribution in [0.5, 0.6) is 5.75 Å². The molecule has 0 fully saturated rings. The lowest BCUT2D eigenvalue weighted by Crippen LogP contribution is -1.99. The molecule has 166 valence electrons. The lowest BCUT2D eigenvalue weighted by molar-refractivity contribution is 0.309. The van der Waals surface area contributed by atoms with E-state index in [9.17, 15) is 0 Å². The van der Waals surface area contributed by atoms with Crippen molar-refractivity contribution in [3.8, 4) is 28.3 Å². The summed E-state index contributed by atoms with van der Waals surface area (Å²) in [5.41, 5.74) is 6.23. The fraction of sp³-hybridized carbons (Fsp3) is 0.154. The largest absolute Gasteiger partial charge is 0.488 e. The first-order valence-electron chi connectivity index (χ1n) is 10.8. The fourth-order valence-electron chi connectivity index (χ4n) is 3.85. The van der Waals surface area contributed by atoms with Crippen LogP contribution in [-0.2, 0) is 13.0 Å². The molecule has 0 aliphatic rings. The number of aromatic nitrogens is 5. The monoisotopic (exact) mass is 457 g/mol. The Morgan fingerprint density at radius 2 is 1.64 bits per heavy atom. The van der Waals surface area contributed by atoms with Crippen LogP contribution in [0.3, 0.4) is 0 Å². The molecular weight excluding hydrogens is 434 g/mol. The number of nitrogens with one attached hydrogen (secondary N) is 1. The van der Waals surface area contributed by atoms with Crippen LogP contribution >= 0.6 is 12.4 Å². The molecule has 0 atom stereocenters. The number of rotatable bonds is 7. The number of para-hydroxylation sites is 1. The van der Waals surface area contributed by atoms with E-state index in [2.05, 4.69) is 70.0 Å². The van der Waals surface area contributed by atoms with Gasteiger partial charge in [0.25, 0.3) is 0 Å². The van der Waals surface area contributed by atoms with Crippen LogP contribution < -0.4 is 4.74 Å². The van der Waals surface area contributed by atoms with E-state index < -0.39 is 0 Å². The molecule has 5 rings (SSSR count). The summed E-state index contributed by atoms with van der Waals surface area (Å²) in [5, 5.41) is 15.5. The average molecular weight is 458 g/mol. The van der Waals surface area contributed by atoms with Crippen molar-refractivity contribution >= 4 is 23.3 Å². The Morgan fingerprint density at radius 3 is 2.39 bits per heavy atom. The van der Waals surface area contributed by atoms with Gasteiger partial charge in [-0.15, -0.1) is 22.6 Å². The second-order valence-electron chi connectivity index (χ2n) is 7.65. The van der Waals surface area contributed by atoms with Crippen molar-refractivity contribution in [2.75, 3.05) is 0 Å². The minimum Gasteiger partial charge on any atom is -0.488 e. The van der Waals surface area contributed by atoms with Gasteiger partial charge in [0, 0.05) is 22.7 Å². The summed E-state index contributed by atoms with van der Waals surface area (Å²) < 4.78 is 6.25. The molecule has 0 amide bonds. The molecule has 0 saturated heterocycles. The first-order valence-corrected chi connectivity index (χ1v) is 10.8. The summed E-state index contributed by atoms with van der Waals surface area (Å²) in [7, 11) is 0. The first kappa shape index (κ1) is 22.4. The summed E-state index contributed by atoms with van der Waals surface area (Å²) >= 11 is 0. The normalized spacial score (nSPS) is 10.7. The number of ether oxygens (including phenoxy) is 1. The van der Waals surface area contributed by atoms with E-state index in [1.54, 1.807) is 0 Å². The summed E-state index contributed by atoms with van der Waals surface area (Å²) in [4.78, 5) is 4.76. The van der Waals surface area contributed by atoms with Gasteiger partial charge in [0.1, 0.15) is 12.4 Å². The van der Waals surface area contributed by atoms with Crippen LogP contribution in [0.25, 0.3) is 33.4 Å². The molecule has 0 radical (unpaired) electrons. The Labute approximate surface area is 198 Å². The van der Waals surface area contributed by atoms with Crippen LogP contribution in [0.2, 0.25) is 0 Å². The van der Waals surface area contributed by atoms with Crippen molar-refractivity contribution < 1.29 is 4.74 Å². The summed E-state index contributed by atoms with van der Waals surface area (Å²) in [6.07, 6.45) is 1.99. The van der Waals surface area contributed by atoms with Crippen LogP contribution in [0.4, 0.5) is 0 Å². The van der Waals surface area contributed by atoms with Gasteiger partial charge in [0.05, 0.1) is 5.52 Å². The molecule has 3 aromatic carbocycles. The topological polar surface area (TPSA) is 76.6 Å². The number of aryl methyl sites for hydroxylation is 1. The highest BCUT2D eigenvalue weighted by Crippen LogP contribution is 2.30. The smallest absolute Gasteiger partial charge is 0.205 e. The second-order valence-corrected chi connectivity index (χ2v) is 7.65. The van der Waals surface area contributed by atoms with E-state index in [4.69, 9.17) is 9.72 Å². The fourth-order valence-corrected chi connectivity index (χ4v) is 3.85. The Hall–Kier alpha value is -3.77. The molecular formula is C26H24ClN5O. The minimum atomic E-state index is 0. The lowest BCUT2D eigenvalue weighted by Gasteiger charge is -2.12. The first-order chi connectivity index (χ1) is 15.8. The molecule has 2 heterocycles. The van der Waals surface area contributed by atoms with Gasteiger partial charge >= 0.3 is 0 Å². The maximum absolute atomic E-state index is 6.25. The van der Waals surface area contributed by atoms with E-state index in [-0.39, 0.29) is 12.4 Å². The van der Waals surface area contributed by atoms with E-state index in [1.165, 1.54) is 0 Å². The number of H-pyrrole nitrogens is 1. The van der Waals surface area contributed by atoms with E-state index in [1.807, 2.05) is 36.4 Å². The predicted molar refractivity (Wildman–Crippen MR) is 132 cm³/mol. The zero-order valence-corrected chi connectivity index (χ0v) is 19.0. The van der Waals surface area contributed by atoms with Crippen molar-refractivity contribution in [1.29, 1.82) is 0 Å². The zero-order chi connectivity index (χ0) is 21.8. The number of halogens is 1. The number of pyridine rings is 1. The Kier molecular flexibility index (Phi) is 6.95. The number of aromatic amines is 1. The predicted octanol–water partition coefficient (Wildman–Crippen LogP) is 6.04. The molecule has 7 heteroatoms. The van der Waals surface area contributed by atoms with Crippen LogP contribution in [-0.4, -0.2) is 25.6 Å². The minimum absolute atomic E-state index is 0. The van der Waals surface area contributed by atoms with Crippen molar-refractivity contribution in [2.45, 2.75) is 26.4 Å². The van der Waals surface area contributed by atoms with Gasteiger partial charge in [-0.3, -0.25) is 4.98 Å². The van der Waals surface area contributed by atoms with Crippen molar-refractivity contribution in [3.05, 3.63) is 90.1 Å². The maximum atomic E-state index is 6.25.